The Morgan fingerprint density at radius 3 is 1.35 bits per heavy atom. The molecule has 2 nitrogen and oxygen atoms in total. The summed E-state index contributed by atoms with van der Waals surface area (Å²) in [7, 11) is 0. The highest BCUT2D eigenvalue weighted by atomic mass is 15.1. The van der Waals surface area contributed by atoms with Crippen LogP contribution in [0.2, 0.25) is 0 Å². The van der Waals surface area contributed by atoms with E-state index in [1.807, 2.05) is 41.3 Å². The molecule has 0 N–H and O–H groups in total. The number of hydrogen-bond donors (Lipinski definition) is 0. The largest absolute Gasteiger partial charge is 0.310 e. The summed E-state index contributed by atoms with van der Waals surface area (Å²) in [4.78, 5) is 4.22. The molecule has 2 heteroatoms. The SMILES string of the molecule is [2H]c1c([2H])c([2H])c(N(c2ccccc2)c2ccc3c(c2)C2(c4ccccc4-3)c3ccc(-c4ccccc4)cc3-c3ccc(N(c4ccccc4)c4ccc5c(c4)C(C)(C)c4ccccc4-5)cc32)c([2H])c1[2H]. The molecule has 3 aliphatic carbocycles. The molecule has 0 aliphatic heterocycles. The standard InChI is InChI=1S/C64H46N2/c1-63(2)57-29-17-15-27-51(57)53-35-32-48(40-60(53)63)66(47-25-13-6-14-26-47)50-34-37-55-56-39-44(43-19-7-3-8-20-43)31-38-59(56)64(62(55)42-50)58-30-18-16-28-52(58)54-36-33-49(41-61(54)64)65(45-21-9-4-10-22-45)46-23-11-5-12-24-46/h3-42H,1-2H3/i4D,9D,10D,21D,22D. The molecule has 0 saturated heterocycles. The first-order valence-electron chi connectivity index (χ1n) is 25.2. The lowest BCUT2D eigenvalue weighted by Gasteiger charge is -2.33. The molecule has 66 heavy (non-hydrogen) atoms. The Morgan fingerprint density at radius 2 is 0.742 bits per heavy atom. The second kappa shape index (κ2) is 14.7. The minimum absolute atomic E-state index is 0.0906. The number of fused-ring (bicyclic) bond motifs is 13. The summed E-state index contributed by atoms with van der Waals surface area (Å²) in [6, 6.07) is 73.8. The zero-order valence-corrected chi connectivity index (χ0v) is 36.6. The van der Waals surface area contributed by atoms with Crippen molar-refractivity contribution in [3.63, 3.8) is 0 Å². The molecule has 10 aromatic carbocycles. The van der Waals surface area contributed by atoms with Crippen LogP contribution in [0.25, 0.3) is 44.5 Å². The molecule has 0 amide bonds. The topological polar surface area (TPSA) is 6.48 Å². The number of rotatable bonds is 7. The molecule has 0 aromatic heterocycles. The fourth-order valence-corrected chi connectivity index (χ4v) is 11.4. The number of nitrogens with zero attached hydrogens (tertiary/aromatic N) is 2. The molecule has 0 radical (unpaired) electrons. The van der Waals surface area contributed by atoms with E-state index in [1.165, 1.54) is 22.3 Å². The van der Waals surface area contributed by atoms with Crippen LogP contribution in [0.1, 0.15) is 54.1 Å². The van der Waals surface area contributed by atoms with Gasteiger partial charge in [-0.1, -0.05) is 178 Å². The van der Waals surface area contributed by atoms with E-state index in [2.05, 4.69) is 195 Å². The molecule has 1 spiro atoms. The summed E-state index contributed by atoms with van der Waals surface area (Å²) in [5, 5.41) is 0. The third kappa shape index (κ3) is 5.55. The predicted molar refractivity (Wildman–Crippen MR) is 275 cm³/mol. The van der Waals surface area contributed by atoms with E-state index in [-0.39, 0.29) is 35.3 Å². The Hall–Kier alpha value is -8.20. The van der Waals surface area contributed by atoms with Gasteiger partial charge in [0.25, 0.3) is 0 Å². The van der Waals surface area contributed by atoms with Crippen molar-refractivity contribution in [2.45, 2.75) is 24.7 Å². The zero-order chi connectivity index (χ0) is 48.3. The quantitative estimate of drug-likeness (QED) is 0.158. The first kappa shape index (κ1) is 33.3. The molecule has 0 bridgehead atoms. The molecule has 312 valence electrons. The maximum atomic E-state index is 9.25. The van der Waals surface area contributed by atoms with E-state index < -0.39 is 11.5 Å². The van der Waals surface area contributed by atoms with Crippen LogP contribution in [-0.4, -0.2) is 0 Å². The van der Waals surface area contributed by atoms with Crippen LogP contribution in [0, 0.1) is 0 Å². The van der Waals surface area contributed by atoms with Gasteiger partial charge in [-0.15, -0.1) is 0 Å². The van der Waals surface area contributed by atoms with Gasteiger partial charge in [-0.05, 0) is 157 Å². The van der Waals surface area contributed by atoms with Crippen molar-refractivity contribution < 1.29 is 6.85 Å². The van der Waals surface area contributed by atoms with Crippen LogP contribution in [0.5, 0.6) is 0 Å². The predicted octanol–water partition coefficient (Wildman–Crippen LogP) is 16.9. The smallest absolute Gasteiger partial charge is 0.0727 e. The molecule has 3 aliphatic rings. The van der Waals surface area contributed by atoms with E-state index in [9.17, 15) is 2.74 Å². The zero-order valence-electron chi connectivity index (χ0n) is 41.6. The second-order valence-electron chi connectivity index (χ2n) is 18.1. The Morgan fingerprint density at radius 1 is 0.303 bits per heavy atom. The van der Waals surface area contributed by atoms with Crippen LogP contribution >= 0.6 is 0 Å². The van der Waals surface area contributed by atoms with E-state index in [4.69, 9.17) is 4.11 Å². The van der Waals surface area contributed by atoms with Gasteiger partial charge in [0.2, 0.25) is 0 Å². The van der Waals surface area contributed by atoms with E-state index >= 15 is 0 Å². The molecule has 10 aromatic rings. The van der Waals surface area contributed by atoms with E-state index in [0.29, 0.717) is 11.4 Å². The number of anilines is 6. The lowest BCUT2D eigenvalue weighted by molar-refractivity contribution is 0.660. The van der Waals surface area contributed by atoms with Gasteiger partial charge in [-0.3, -0.25) is 0 Å². The van der Waals surface area contributed by atoms with Crippen LogP contribution < -0.4 is 9.80 Å². The molecule has 1 unspecified atom stereocenters. The van der Waals surface area contributed by atoms with Crippen molar-refractivity contribution in [2.75, 3.05) is 9.80 Å². The molecule has 0 saturated carbocycles. The summed E-state index contributed by atoms with van der Waals surface area (Å²) in [5.74, 6) is 0. The number of para-hydroxylation sites is 3. The highest BCUT2D eigenvalue weighted by Crippen LogP contribution is 2.64. The van der Waals surface area contributed by atoms with Gasteiger partial charge in [0.05, 0.1) is 12.3 Å². The summed E-state index contributed by atoms with van der Waals surface area (Å²) in [5.41, 5.74) is 20.0. The van der Waals surface area contributed by atoms with E-state index in [1.54, 1.807) is 0 Å². The minimum atomic E-state index is -0.816. The Balaban J connectivity index is 1.09. The highest BCUT2D eigenvalue weighted by molar-refractivity contribution is 5.99. The normalized spacial score (nSPS) is 16.4. The van der Waals surface area contributed by atoms with Gasteiger partial charge in [-0.2, -0.15) is 0 Å². The first-order valence-corrected chi connectivity index (χ1v) is 22.7. The lowest BCUT2D eigenvalue weighted by Crippen LogP contribution is -2.26. The molecule has 0 fully saturated rings. The molecule has 13 rings (SSSR count). The van der Waals surface area contributed by atoms with Crippen molar-refractivity contribution in [1.82, 2.24) is 0 Å². The monoisotopic (exact) mass is 847 g/mol. The molecule has 0 heterocycles. The van der Waals surface area contributed by atoms with Crippen molar-refractivity contribution in [3.05, 3.63) is 276 Å². The Kier molecular flexibility index (Phi) is 7.41. The summed E-state index contributed by atoms with van der Waals surface area (Å²) in [6.45, 7) is 4.66. The van der Waals surface area contributed by atoms with Crippen LogP contribution in [0.15, 0.2) is 243 Å². The number of benzene rings is 10. The van der Waals surface area contributed by atoms with Gasteiger partial charge in [0.15, 0.2) is 0 Å². The van der Waals surface area contributed by atoms with Crippen molar-refractivity contribution in [1.29, 1.82) is 0 Å². The Bertz CT molecular complexity index is 3790. The number of hydrogen-bond acceptors (Lipinski definition) is 2. The van der Waals surface area contributed by atoms with Crippen LogP contribution in [0.3, 0.4) is 0 Å². The van der Waals surface area contributed by atoms with Gasteiger partial charge < -0.3 is 9.80 Å². The Labute approximate surface area is 394 Å². The van der Waals surface area contributed by atoms with Crippen LogP contribution in [0.4, 0.5) is 34.1 Å². The third-order valence-electron chi connectivity index (χ3n) is 14.3. The van der Waals surface area contributed by atoms with Crippen LogP contribution in [-0.2, 0) is 10.8 Å². The minimum Gasteiger partial charge on any atom is -0.310 e. The molecule has 1 atom stereocenters. The highest BCUT2D eigenvalue weighted by Gasteiger charge is 2.52. The maximum absolute atomic E-state index is 9.25. The van der Waals surface area contributed by atoms with Gasteiger partial charge in [0.1, 0.15) is 0 Å². The van der Waals surface area contributed by atoms with Gasteiger partial charge >= 0.3 is 0 Å². The summed E-state index contributed by atoms with van der Waals surface area (Å²) in [6.07, 6.45) is 0. The maximum Gasteiger partial charge on any atom is 0.0727 e. The first-order chi connectivity index (χ1) is 34.6. The third-order valence-corrected chi connectivity index (χ3v) is 14.3. The van der Waals surface area contributed by atoms with Gasteiger partial charge in [0, 0.05) is 39.5 Å². The van der Waals surface area contributed by atoms with Crippen molar-refractivity contribution >= 4 is 34.1 Å². The van der Waals surface area contributed by atoms with Crippen molar-refractivity contribution in [2.24, 2.45) is 0 Å². The second-order valence-corrected chi connectivity index (χ2v) is 18.1. The fourth-order valence-electron chi connectivity index (χ4n) is 11.4. The summed E-state index contributed by atoms with van der Waals surface area (Å²) < 4.78 is 44.5. The van der Waals surface area contributed by atoms with E-state index in [0.717, 1.165) is 72.7 Å². The average Bonchev–Trinajstić information content (AvgIpc) is 3.96. The van der Waals surface area contributed by atoms with Gasteiger partial charge in [-0.25, -0.2) is 0 Å². The molecular weight excluding hydrogens is 797 g/mol. The lowest BCUT2D eigenvalue weighted by atomic mass is 9.70. The fraction of sp³-hybridized carbons (Fsp3) is 0.0625. The average molecular weight is 848 g/mol. The molecular formula is C64H46N2. The summed E-state index contributed by atoms with van der Waals surface area (Å²) >= 11 is 0. The van der Waals surface area contributed by atoms with Crippen molar-refractivity contribution in [3.8, 4) is 44.5 Å².